The average Bonchev–Trinajstić information content (AvgIpc) is 2.49. The van der Waals surface area contributed by atoms with E-state index in [-0.39, 0.29) is 0 Å². The summed E-state index contributed by atoms with van der Waals surface area (Å²) in [5.41, 5.74) is 0.734. The van der Waals surface area contributed by atoms with Gasteiger partial charge in [0.25, 0.3) is 0 Å². The lowest BCUT2D eigenvalue weighted by Crippen LogP contribution is -2.01. The minimum absolute atomic E-state index is 0.411. The van der Waals surface area contributed by atoms with E-state index in [4.69, 9.17) is 14.2 Å². The van der Waals surface area contributed by atoms with Gasteiger partial charge in [0.15, 0.2) is 0 Å². The summed E-state index contributed by atoms with van der Waals surface area (Å²) < 4.78 is 16.3. The van der Waals surface area contributed by atoms with E-state index in [0.29, 0.717) is 27.8 Å². The summed E-state index contributed by atoms with van der Waals surface area (Å²) >= 11 is 3.30. The van der Waals surface area contributed by atoms with Crippen molar-refractivity contribution in [2.45, 2.75) is 0 Å². The Bertz CT molecular complexity index is 607. The first-order valence-electron chi connectivity index (χ1n) is 5.73. The van der Waals surface area contributed by atoms with Gasteiger partial charge in [0, 0.05) is 6.07 Å². The van der Waals surface area contributed by atoms with Gasteiger partial charge in [-0.15, -0.1) is 0 Å². The van der Waals surface area contributed by atoms with Gasteiger partial charge < -0.3 is 19.5 Å². The molecule has 1 heterocycles. The summed E-state index contributed by atoms with van der Waals surface area (Å²) in [5.74, 6) is 2.21. The second kappa shape index (κ2) is 6.42. The van der Waals surface area contributed by atoms with Crippen LogP contribution in [0, 0.1) is 0 Å². The van der Waals surface area contributed by atoms with Crippen LogP contribution in [0.1, 0.15) is 0 Å². The largest absolute Gasteiger partial charge is 0.497 e. The predicted octanol–water partition coefficient (Wildman–Crippen LogP) is 3.01. The molecule has 1 aromatic carbocycles. The van der Waals surface area contributed by atoms with Crippen molar-refractivity contribution < 1.29 is 14.2 Å². The fraction of sp³-hybridized carbons (Fsp3) is 0.231. The molecule has 20 heavy (non-hydrogen) atoms. The fourth-order valence-electron chi connectivity index (χ4n) is 1.58. The van der Waals surface area contributed by atoms with Crippen molar-refractivity contribution in [2.24, 2.45) is 0 Å². The number of ether oxygens (including phenoxy) is 3. The molecule has 0 amide bonds. The Morgan fingerprint density at radius 3 is 2.55 bits per heavy atom. The smallest absolute Gasteiger partial charge is 0.232 e. The van der Waals surface area contributed by atoms with E-state index in [1.807, 2.05) is 12.1 Å². The summed E-state index contributed by atoms with van der Waals surface area (Å²) in [5, 5.41) is 3.07. The van der Waals surface area contributed by atoms with E-state index in [1.54, 1.807) is 33.6 Å². The summed E-state index contributed by atoms with van der Waals surface area (Å²) in [7, 11) is 4.73. The molecule has 0 aliphatic heterocycles. The standard InChI is InChI=1S/C13H14BrN3O3/c1-18-8-4-5-10(11(6-8)19-2)16-13-15-7-9(14)12(17-13)20-3/h4-7H,1-3H3,(H,15,16,17). The molecule has 0 radical (unpaired) electrons. The van der Waals surface area contributed by atoms with Gasteiger partial charge >= 0.3 is 0 Å². The Morgan fingerprint density at radius 2 is 1.90 bits per heavy atom. The van der Waals surface area contributed by atoms with Crippen LogP contribution in [0.4, 0.5) is 11.6 Å². The molecule has 0 atom stereocenters. The molecule has 0 fully saturated rings. The predicted molar refractivity (Wildman–Crippen MR) is 79.1 cm³/mol. The lowest BCUT2D eigenvalue weighted by atomic mass is 10.2. The zero-order chi connectivity index (χ0) is 14.5. The van der Waals surface area contributed by atoms with Crippen molar-refractivity contribution >= 4 is 27.6 Å². The molecule has 0 unspecified atom stereocenters. The quantitative estimate of drug-likeness (QED) is 0.903. The number of hydrogen-bond acceptors (Lipinski definition) is 6. The Balaban J connectivity index is 2.29. The van der Waals surface area contributed by atoms with Gasteiger partial charge in [-0.1, -0.05) is 0 Å². The first-order chi connectivity index (χ1) is 9.67. The topological polar surface area (TPSA) is 65.5 Å². The lowest BCUT2D eigenvalue weighted by Gasteiger charge is -2.12. The Labute approximate surface area is 125 Å². The average molecular weight is 340 g/mol. The van der Waals surface area contributed by atoms with Crippen LogP contribution in [-0.4, -0.2) is 31.3 Å². The Morgan fingerprint density at radius 1 is 1.10 bits per heavy atom. The summed E-state index contributed by atoms with van der Waals surface area (Å²) in [6.07, 6.45) is 1.62. The molecule has 106 valence electrons. The number of anilines is 2. The molecule has 1 N–H and O–H groups in total. The van der Waals surface area contributed by atoms with Gasteiger partial charge in [0.05, 0.1) is 37.7 Å². The maximum atomic E-state index is 5.30. The van der Waals surface area contributed by atoms with Crippen molar-refractivity contribution in [1.29, 1.82) is 0 Å². The molecule has 0 aliphatic rings. The third-order valence-electron chi connectivity index (χ3n) is 2.56. The third kappa shape index (κ3) is 3.11. The molecule has 0 bridgehead atoms. The molecule has 0 saturated carbocycles. The highest BCUT2D eigenvalue weighted by Crippen LogP contribution is 2.31. The molecule has 2 aromatic rings. The second-order valence-corrected chi connectivity index (χ2v) is 4.60. The van der Waals surface area contributed by atoms with Crippen molar-refractivity contribution in [3.63, 3.8) is 0 Å². The van der Waals surface area contributed by atoms with Gasteiger partial charge in [-0.25, -0.2) is 4.98 Å². The minimum Gasteiger partial charge on any atom is -0.497 e. The molecule has 6 nitrogen and oxygen atoms in total. The van der Waals surface area contributed by atoms with Crippen LogP contribution in [0.15, 0.2) is 28.9 Å². The van der Waals surface area contributed by atoms with E-state index in [0.717, 1.165) is 5.69 Å². The number of hydrogen-bond donors (Lipinski definition) is 1. The van der Waals surface area contributed by atoms with Crippen molar-refractivity contribution in [3.8, 4) is 17.4 Å². The van der Waals surface area contributed by atoms with Gasteiger partial charge in [0.2, 0.25) is 11.8 Å². The molecular weight excluding hydrogens is 326 g/mol. The first-order valence-corrected chi connectivity index (χ1v) is 6.52. The highest BCUT2D eigenvalue weighted by atomic mass is 79.9. The van der Waals surface area contributed by atoms with Gasteiger partial charge in [-0.2, -0.15) is 4.98 Å². The summed E-state index contributed by atoms with van der Waals surface area (Å²) in [4.78, 5) is 8.39. The van der Waals surface area contributed by atoms with Gasteiger partial charge in [-0.3, -0.25) is 0 Å². The third-order valence-corrected chi connectivity index (χ3v) is 3.10. The van der Waals surface area contributed by atoms with E-state index in [1.165, 1.54) is 0 Å². The highest BCUT2D eigenvalue weighted by Gasteiger charge is 2.09. The van der Waals surface area contributed by atoms with Crippen LogP contribution >= 0.6 is 15.9 Å². The van der Waals surface area contributed by atoms with Gasteiger partial charge in [0.1, 0.15) is 11.5 Å². The van der Waals surface area contributed by atoms with Crippen LogP contribution in [-0.2, 0) is 0 Å². The van der Waals surface area contributed by atoms with E-state index in [9.17, 15) is 0 Å². The van der Waals surface area contributed by atoms with Crippen LogP contribution in [0.2, 0.25) is 0 Å². The normalized spacial score (nSPS) is 10.0. The minimum atomic E-state index is 0.411. The number of nitrogens with zero attached hydrogens (tertiary/aromatic N) is 2. The van der Waals surface area contributed by atoms with E-state index in [2.05, 4.69) is 31.2 Å². The number of halogens is 1. The SMILES string of the molecule is COc1ccc(Nc2ncc(Br)c(OC)n2)c(OC)c1. The van der Waals surface area contributed by atoms with E-state index < -0.39 is 0 Å². The number of rotatable bonds is 5. The van der Waals surface area contributed by atoms with Crippen molar-refractivity contribution in [2.75, 3.05) is 26.6 Å². The first kappa shape index (κ1) is 14.4. The zero-order valence-corrected chi connectivity index (χ0v) is 12.9. The molecule has 2 rings (SSSR count). The molecule has 0 aliphatic carbocycles. The number of nitrogens with one attached hydrogen (secondary N) is 1. The van der Waals surface area contributed by atoms with Crippen LogP contribution < -0.4 is 19.5 Å². The molecular formula is C13H14BrN3O3. The van der Waals surface area contributed by atoms with Crippen LogP contribution in [0.3, 0.4) is 0 Å². The summed E-state index contributed by atoms with van der Waals surface area (Å²) in [6, 6.07) is 5.43. The number of methoxy groups -OCH3 is 3. The van der Waals surface area contributed by atoms with Crippen molar-refractivity contribution in [1.82, 2.24) is 9.97 Å². The zero-order valence-electron chi connectivity index (χ0n) is 11.3. The fourth-order valence-corrected chi connectivity index (χ4v) is 1.93. The highest BCUT2D eigenvalue weighted by molar-refractivity contribution is 9.10. The lowest BCUT2D eigenvalue weighted by molar-refractivity contribution is 0.393. The molecule has 0 saturated heterocycles. The number of aromatic nitrogens is 2. The molecule has 7 heteroatoms. The maximum absolute atomic E-state index is 5.30. The van der Waals surface area contributed by atoms with Gasteiger partial charge in [-0.05, 0) is 28.1 Å². The molecule has 1 aromatic heterocycles. The van der Waals surface area contributed by atoms with Crippen LogP contribution in [0.5, 0.6) is 17.4 Å². The molecule has 0 spiro atoms. The van der Waals surface area contributed by atoms with Crippen LogP contribution in [0.25, 0.3) is 0 Å². The second-order valence-electron chi connectivity index (χ2n) is 3.74. The monoisotopic (exact) mass is 339 g/mol. The maximum Gasteiger partial charge on any atom is 0.232 e. The summed E-state index contributed by atoms with van der Waals surface area (Å²) in [6.45, 7) is 0. The Hall–Kier alpha value is -2.02. The Kier molecular flexibility index (Phi) is 4.62. The number of benzene rings is 1. The van der Waals surface area contributed by atoms with Crippen molar-refractivity contribution in [3.05, 3.63) is 28.9 Å². The van der Waals surface area contributed by atoms with E-state index >= 15 is 0 Å².